The highest BCUT2D eigenvalue weighted by atomic mass is 32.2. The van der Waals surface area contributed by atoms with Crippen molar-refractivity contribution in [3.8, 4) is 0 Å². The highest BCUT2D eigenvalue weighted by molar-refractivity contribution is 7.92. The quantitative estimate of drug-likeness (QED) is 0.936. The van der Waals surface area contributed by atoms with E-state index in [1.165, 1.54) is 23.0 Å². The first-order valence-corrected chi connectivity index (χ1v) is 7.07. The average molecular weight is 283 g/mol. The number of halogens is 1. The normalized spacial score (nSPS) is 11.6. The largest absolute Gasteiger partial charge is 0.279 e. The van der Waals surface area contributed by atoms with Gasteiger partial charge in [0.1, 0.15) is 10.7 Å². The van der Waals surface area contributed by atoms with Gasteiger partial charge in [-0.2, -0.15) is 5.10 Å². The Bertz CT molecular complexity index is 723. The van der Waals surface area contributed by atoms with Crippen LogP contribution in [0.1, 0.15) is 11.3 Å². The lowest BCUT2D eigenvalue weighted by atomic mass is 10.2. The number of aromatic nitrogens is 2. The van der Waals surface area contributed by atoms with Crippen LogP contribution in [0.15, 0.2) is 29.3 Å². The molecule has 2 rings (SSSR count). The molecule has 0 aliphatic rings. The van der Waals surface area contributed by atoms with Crippen LogP contribution in [0.5, 0.6) is 0 Å². The van der Waals surface area contributed by atoms with Gasteiger partial charge in [0.25, 0.3) is 10.0 Å². The Labute approximate surface area is 111 Å². The summed E-state index contributed by atoms with van der Waals surface area (Å²) in [5.74, 6) is -0.455. The Morgan fingerprint density at radius 3 is 2.53 bits per heavy atom. The maximum atomic E-state index is 13.4. The molecule has 0 amide bonds. The molecule has 5 nitrogen and oxygen atoms in total. The van der Waals surface area contributed by atoms with Crippen LogP contribution >= 0.6 is 0 Å². The molecule has 0 fully saturated rings. The number of anilines is 1. The molecule has 0 aliphatic carbocycles. The topological polar surface area (TPSA) is 64.0 Å². The summed E-state index contributed by atoms with van der Waals surface area (Å²) in [5.41, 5.74) is 1.16. The van der Waals surface area contributed by atoms with E-state index in [4.69, 9.17) is 0 Å². The van der Waals surface area contributed by atoms with E-state index < -0.39 is 15.8 Å². The van der Waals surface area contributed by atoms with E-state index in [0.29, 0.717) is 11.3 Å². The number of hydrogen-bond donors (Lipinski definition) is 1. The molecule has 19 heavy (non-hydrogen) atoms. The summed E-state index contributed by atoms with van der Waals surface area (Å²) in [6.07, 6.45) is 1.27. The SMILES string of the molecule is Cc1ccc(NS(=O)(=O)c2cnn(C)c2C)cc1F. The highest BCUT2D eigenvalue weighted by Gasteiger charge is 2.20. The molecule has 0 aliphatic heterocycles. The summed E-state index contributed by atoms with van der Waals surface area (Å²) in [6.45, 7) is 3.26. The maximum Gasteiger partial charge on any atom is 0.265 e. The van der Waals surface area contributed by atoms with Gasteiger partial charge < -0.3 is 0 Å². The molecule has 0 saturated carbocycles. The molecular formula is C12H14FN3O2S. The lowest BCUT2D eigenvalue weighted by molar-refractivity contribution is 0.600. The molecule has 0 unspecified atom stereocenters. The van der Waals surface area contributed by atoms with Crippen molar-refractivity contribution in [1.29, 1.82) is 0 Å². The van der Waals surface area contributed by atoms with Crippen molar-refractivity contribution < 1.29 is 12.8 Å². The molecule has 0 saturated heterocycles. The number of nitrogens with one attached hydrogen (secondary N) is 1. The van der Waals surface area contributed by atoms with Gasteiger partial charge in [-0.15, -0.1) is 0 Å². The second-order valence-corrected chi connectivity index (χ2v) is 5.94. The van der Waals surface area contributed by atoms with E-state index in [-0.39, 0.29) is 10.6 Å². The monoisotopic (exact) mass is 283 g/mol. The van der Waals surface area contributed by atoms with Crippen LogP contribution in [0.2, 0.25) is 0 Å². The van der Waals surface area contributed by atoms with Gasteiger partial charge in [0.15, 0.2) is 0 Å². The van der Waals surface area contributed by atoms with E-state index in [2.05, 4.69) is 9.82 Å². The molecular weight excluding hydrogens is 269 g/mol. The molecule has 1 N–H and O–H groups in total. The fourth-order valence-electron chi connectivity index (χ4n) is 1.61. The third-order valence-electron chi connectivity index (χ3n) is 2.90. The van der Waals surface area contributed by atoms with Gasteiger partial charge >= 0.3 is 0 Å². The fraction of sp³-hybridized carbons (Fsp3) is 0.250. The van der Waals surface area contributed by atoms with Gasteiger partial charge in [-0.3, -0.25) is 9.40 Å². The molecule has 0 atom stereocenters. The molecule has 0 spiro atoms. The van der Waals surface area contributed by atoms with Gasteiger partial charge in [0.2, 0.25) is 0 Å². The van der Waals surface area contributed by atoms with Crippen molar-refractivity contribution in [3.05, 3.63) is 41.5 Å². The third-order valence-corrected chi connectivity index (χ3v) is 4.39. The standard InChI is InChI=1S/C12H14FN3O2S/c1-8-4-5-10(6-11(8)13)15-19(17,18)12-7-14-16(3)9(12)2/h4-7,15H,1-3H3. The van der Waals surface area contributed by atoms with E-state index in [0.717, 1.165) is 6.07 Å². The molecule has 102 valence electrons. The maximum absolute atomic E-state index is 13.4. The van der Waals surface area contributed by atoms with Crippen molar-refractivity contribution in [2.24, 2.45) is 7.05 Å². The summed E-state index contributed by atoms with van der Waals surface area (Å²) in [6, 6.07) is 4.18. The molecule has 0 bridgehead atoms. The first-order valence-electron chi connectivity index (χ1n) is 5.59. The molecule has 1 aromatic heterocycles. The zero-order valence-electron chi connectivity index (χ0n) is 10.8. The summed E-state index contributed by atoms with van der Waals surface area (Å²) in [7, 11) is -2.10. The van der Waals surface area contributed by atoms with Crippen molar-refractivity contribution in [2.75, 3.05) is 4.72 Å². The number of sulfonamides is 1. The van der Waals surface area contributed by atoms with Crippen molar-refractivity contribution in [1.82, 2.24) is 9.78 Å². The number of benzene rings is 1. The van der Waals surface area contributed by atoms with Gasteiger partial charge in [-0.25, -0.2) is 12.8 Å². The molecule has 0 radical (unpaired) electrons. The third kappa shape index (κ3) is 2.60. The average Bonchev–Trinajstić information content (AvgIpc) is 2.65. The van der Waals surface area contributed by atoms with Crippen molar-refractivity contribution in [2.45, 2.75) is 18.7 Å². The zero-order chi connectivity index (χ0) is 14.2. The summed E-state index contributed by atoms with van der Waals surface area (Å²) >= 11 is 0. The predicted molar refractivity (Wildman–Crippen MR) is 69.9 cm³/mol. The van der Waals surface area contributed by atoms with Gasteiger partial charge in [-0.05, 0) is 31.5 Å². The van der Waals surface area contributed by atoms with Crippen LogP contribution in [0, 0.1) is 19.7 Å². The second kappa shape index (κ2) is 4.65. The zero-order valence-corrected chi connectivity index (χ0v) is 11.6. The smallest absolute Gasteiger partial charge is 0.265 e. The van der Waals surface area contributed by atoms with E-state index >= 15 is 0 Å². The van der Waals surface area contributed by atoms with Crippen LogP contribution in [0.4, 0.5) is 10.1 Å². The van der Waals surface area contributed by atoms with E-state index in [9.17, 15) is 12.8 Å². The van der Waals surface area contributed by atoms with Crippen LogP contribution < -0.4 is 4.72 Å². The molecule has 1 heterocycles. The van der Waals surface area contributed by atoms with E-state index in [1.807, 2.05) is 0 Å². The van der Waals surface area contributed by atoms with Gasteiger partial charge in [-0.1, -0.05) is 6.07 Å². The molecule has 1 aromatic carbocycles. The van der Waals surface area contributed by atoms with Crippen LogP contribution in [-0.4, -0.2) is 18.2 Å². The van der Waals surface area contributed by atoms with Gasteiger partial charge in [0, 0.05) is 7.05 Å². The Hall–Kier alpha value is -1.89. The lowest BCUT2D eigenvalue weighted by Crippen LogP contribution is -2.14. The highest BCUT2D eigenvalue weighted by Crippen LogP contribution is 2.20. The summed E-state index contributed by atoms with van der Waals surface area (Å²) in [5, 5.41) is 3.88. The van der Waals surface area contributed by atoms with Gasteiger partial charge in [0.05, 0.1) is 17.6 Å². The first-order chi connectivity index (χ1) is 8.81. The van der Waals surface area contributed by atoms with Crippen LogP contribution in [0.3, 0.4) is 0 Å². The Morgan fingerprint density at radius 1 is 1.32 bits per heavy atom. The minimum Gasteiger partial charge on any atom is -0.279 e. The number of nitrogens with zero attached hydrogens (tertiary/aromatic N) is 2. The Morgan fingerprint density at radius 2 is 2.00 bits per heavy atom. The van der Waals surface area contributed by atoms with E-state index in [1.54, 1.807) is 20.9 Å². The first kappa shape index (κ1) is 13.5. The summed E-state index contributed by atoms with van der Waals surface area (Å²) in [4.78, 5) is 0.0796. The summed E-state index contributed by atoms with van der Waals surface area (Å²) < 4.78 is 41.5. The number of hydrogen-bond acceptors (Lipinski definition) is 3. The minimum absolute atomic E-state index is 0.0796. The van der Waals surface area contributed by atoms with Crippen LogP contribution in [-0.2, 0) is 17.1 Å². The van der Waals surface area contributed by atoms with Crippen molar-refractivity contribution >= 4 is 15.7 Å². The Balaban J connectivity index is 2.36. The molecule has 2 aromatic rings. The lowest BCUT2D eigenvalue weighted by Gasteiger charge is -2.08. The Kier molecular flexibility index (Phi) is 3.32. The van der Waals surface area contributed by atoms with Crippen LogP contribution in [0.25, 0.3) is 0 Å². The fourth-order valence-corrected chi connectivity index (χ4v) is 2.86. The van der Waals surface area contributed by atoms with Crippen molar-refractivity contribution in [3.63, 3.8) is 0 Å². The number of rotatable bonds is 3. The number of aryl methyl sites for hydroxylation is 2. The molecule has 7 heteroatoms. The predicted octanol–water partition coefficient (Wildman–Crippen LogP) is 1.98. The second-order valence-electron chi connectivity index (χ2n) is 4.29. The minimum atomic E-state index is -3.75.